The number of aryl methyl sites for hydroxylation is 1. The lowest BCUT2D eigenvalue weighted by molar-refractivity contribution is 0.123. The second kappa shape index (κ2) is 10.6. The van der Waals surface area contributed by atoms with E-state index in [0.717, 1.165) is 47.9 Å². The number of sulfonamides is 1. The van der Waals surface area contributed by atoms with Crippen molar-refractivity contribution in [1.82, 2.24) is 24.0 Å². The molecule has 39 heavy (non-hydrogen) atoms. The molecule has 2 aliphatic rings. The number of anilines is 1. The van der Waals surface area contributed by atoms with E-state index < -0.39 is 10.0 Å². The quantitative estimate of drug-likeness (QED) is 0.351. The van der Waals surface area contributed by atoms with Gasteiger partial charge in [0.15, 0.2) is 5.82 Å². The maximum absolute atomic E-state index is 12.0. The van der Waals surface area contributed by atoms with Crippen LogP contribution in [0.3, 0.4) is 0 Å². The van der Waals surface area contributed by atoms with Crippen molar-refractivity contribution in [2.75, 3.05) is 57.1 Å². The zero-order chi connectivity index (χ0) is 27.1. The SMILES string of the molecule is Cc1cccc(-c2ccn(-c3cc(N4CCOCC4)c4sc(CN5CCN(S(C)(=O)=O)C[C@H]5C)cc4n3)n2)c1. The second-order valence-corrected chi connectivity index (χ2v) is 13.6. The maximum atomic E-state index is 12.0. The number of nitrogens with zero attached hydrogens (tertiary/aromatic N) is 6. The van der Waals surface area contributed by atoms with Crippen molar-refractivity contribution in [2.45, 2.75) is 26.4 Å². The number of ether oxygens (including phenoxy) is 1. The van der Waals surface area contributed by atoms with Crippen LogP contribution in [0.2, 0.25) is 0 Å². The van der Waals surface area contributed by atoms with Crippen LogP contribution in [-0.4, -0.2) is 90.6 Å². The van der Waals surface area contributed by atoms with Gasteiger partial charge in [-0.2, -0.15) is 9.40 Å². The molecule has 2 fully saturated rings. The summed E-state index contributed by atoms with van der Waals surface area (Å²) in [6, 6.07) is 14.9. The molecule has 2 saturated heterocycles. The van der Waals surface area contributed by atoms with Crippen LogP contribution in [0.15, 0.2) is 48.7 Å². The standard InChI is InChI=1S/C28H34N6O3S2/c1-20-5-4-6-22(15-20)24-7-8-34(30-24)27-17-26(31-11-13-37-14-12-31)28-25(29-27)16-23(38-28)19-32-9-10-33(18-21(32)2)39(3,35)36/h4-8,15-17,21H,9-14,18-19H2,1-3H3/t21-/m1/s1. The van der Waals surface area contributed by atoms with Crippen LogP contribution in [0.25, 0.3) is 27.3 Å². The first-order chi connectivity index (χ1) is 18.7. The number of benzene rings is 1. The second-order valence-electron chi connectivity index (χ2n) is 10.5. The number of piperazine rings is 1. The van der Waals surface area contributed by atoms with E-state index >= 15 is 0 Å². The number of hydrogen-bond acceptors (Lipinski definition) is 8. The lowest BCUT2D eigenvalue weighted by Crippen LogP contribution is -2.52. The number of morpholine rings is 1. The Morgan fingerprint density at radius 2 is 1.90 bits per heavy atom. The van der Waals surface area contributed by atoms with E-state index in [-0.39, 0.29) is 6.04 Å². The number of aromatic nitrogens is 3. The van der Waals surface area contributed by atoms with Gasteiger partial charge >= 0.3 is 0 Å². The average Bonchev–Trinajstić information content (AvgIpc) is 3.56. The lowest BCUT2D eigenvalue weighted by Gasteiger charge is -2.38. The van der Waals surface area contributed by atoms with E-state index in [9.17, 15) is 8.42 Å². The van der Waals surface area contributed by atoms with Crippen molar-refractivity contribution >= 4 is 37.3 Å². The summed E-state index contributed by atoms with van der Waals surface area (Å²) in [5, 5.41) is 4.87. The van der Waals surface area contributed by atoms with Crippen LogP contribution in [0, 0.1) is 6.92 Å². The summed E-state index contributed by atoms with van der Waals surface area (Å²) >= 11 is 1.78. The molecule has 0 bridgehead atoms. The third kappa shape index (κ3) is 5.59. The number of hydrogen-bond donors (Lipinski definition) is 0. The van der Waals surface area contributed by atoms with Gasteiger partial charge in [0.1, 0.15) is 0 Å². The molecule has 4 aromatic rings. The average molecular weight is 567 g/mol. The molecular formula is C28H34N6O3S2. The molecule has 0 saturated carbocycles. The number of fused-ring (bicyclic) bond motifs is 1. The molecule has 0 amide bonds. The predicted octanol–water partition coefficient (Wildman–Crippen LogP) is 3.76. The summed E-state index contributed by atoms with van der Waals surface area (Å²) < 4.78 is 34.3. The summed E-state index contributed by atoms with van der Waals surface area (Å²) in [7, 11) is -3.17. The highest BCUT2D eigenvalue weighted by Crippen LogP contribution is 2.36. The van der Waals surface area contributed by atoms with Crippen LogP contribution < -0.4 is 4.90 Å². The minimum Gasteiger partial charge on any atom is -0.378 e. The van der Waals surface area contributed by atoms with Crippen LogP contribution in [0.5, 0.6) is 0 Å². The fourth-order valence-corrected chi connectivity index (χ4v) is 7.45. The number of rotatable bonds is 6. The maximum Gasteiger partial charge on any atom is 0.211 e. The molecular weight excluding hydrogens is 532 g/mol. The third-order valence-corrected chi connectivity index (χ3v) is 9.94. The Bertz CT molecular complexity index is 1590. The van der Waals surface area contributed by atoms with Crippen molar-refractivity contribution in [2.24, 2.45) is 0 Å². The van der Waals surface area contributed by atoms with E-state index in [1.165, 1.54) is 21.4 Å². The van der Waals surface area contributed by atoms with E-state index in [4.69, 9.17) is 14.8 Å². The first-order valence-electron chi connectivity index (χ1n) is 13.3. The lowest BCUT2D eigenvalue weighted by atomic mass is 10.1. The molecule has 6 rings (SSSR count). The largest absolute Gasteiger partial charge is 0.378 e. The molecule has 3 aromatic heterocycles. The fraction of sp³-hybridized carbons (Fsp3) is 0.429. The molecule has 11 heteroatoms. The molecule has 9 nitrogen and oxygen atoms in total. The van der Waals surface area contributed by atoms with Crippen LogP contribution in [-0.2, 0) is 21.3 Å². The topological polar surface area (TPSA) is 83.8 Å². The van der Waals surface area contributed by atoms with Crippen LogP contribution in [0.4, 0.5) is 5.69 Å². The molecule has 5 heterocycles. The summed E-state index contributed by atoms with van der Waals surface area (Å²) in [6.07, 6.45) is 3.27. The van der Waals surface area contributed by atoms with Crippen molar-refractivity contribution < 1.29 is 13.2 Å². The molecule has 0 aliphatic carbocycles. The van der Waals surface area contributed by atoms with Gasteiger partial charge in [0.25, 0.3) is 0 Å². The van der Waals surface area contributed by atoms with Gasteiger partial charge < -0.3 is 9.64 Å². The molecule has 2 aliphatic heterocycles. The minimum atomic E-state index is -3.17. The Morgan fingerprint density at radius 3 is 2.64 bits per heavy atom. The van der Waals surface area contributed by atoms with E-state index in [2.05, 4.69) is 60.0 Å². The van der Waals surface area contributed by atoms with Gasteiger partial charge in [-0.05, 0) is 32.0 Å². The predicted molar refractivity (Wildman–Crippen MR) is 156 cm³/mol. The van der Waals surface area contributed by atoms with Gasteiger partial charge in [-0.3, -0.25) is 4.90 Å². The van der Waals surface area contributed by atoms with Gasteiger partial charge in [-0.15, -0.1) is 11.3 Å². The zero-order valence-corrected chi connectivity index (χ0v) is 24.2. The minimum absolute atomic E-state index is 0.144. The van der Waals surface area contributed by atoms with Gasteiger partial charge in [-0.25, -0.2) is 18.1 Å². The molecule has 1 atom stereocenters. The number of pyridine rings is 1. The summed E-state index contributed by atoms with van der Waals surface area (Å²) in [6.45, 7) is 9.81. The van der Waals surface area contributed by atoms with E-state index in [0.29, 0.717) is 32.8 Å². The van der Waals surface area contributed by atoms with E-state index in [1.807, 2.05) is 16.9 Å². The molecule has 206 valence electrons. The van der Waals surface area contributed by atoms with Crippen molar-refractivity contribution in [3.05, 3.63) is 59.1 Å². The fourth-order valence-electron chi connectivity index (χ4n) is 5.38. The molecule has 0 radical (unpaired) electrons. The van der Waals surface area contributed by atoms with Crippen molar-refractivity contribution in [1.29, 1.82) is 0 Å². The first kappa shape index (κ1) is 26.4. The Labute approximate surface area is 233 Å². The first-order valence-corrected chi connectivity index (χ1v) is 16.0. The molecule has 0 spiro atoms. The zero-order valence-electron chi connectivity index (χ0n) is 22.6. The van der Waals surface area contributed by atoms with Crippen molar-refractivity contribution in [3.8, 4) is 17.1 Å². The van der Waals surface area contributed by atoms with Gasteiger partial charge in [0.05, 0.1) is 41.1 Å². The highest BCUT2D eigenvalue weighted by atomic mass is 32.2. The van der Waals surface area contributed by atoms with Crippen LogP contribution in [0.1, 0.15) is 17.4 Å². The number of thiophene rings is 1. The Morgan fingerprint density at radius 1 is 1.08 bits per heavy atom. The summed E-state index contributed by atoms with van der Waals surface area (Å²) in [5.74, 6) is 0.794. The Kier molecular flexibility index (Phi) is 7.19. The highest BCUT2D eigenvalue weighted by molar-refractivity contribution is 7.88. The van der Waals surface area contributed by atoms with E-state index in [1.54, 1.807) is 15.6 Å². The Balaban J connectivity index is 1.33. The van der Waals surface area contributed by atoms with Crippen molar-refractivity contribution in [3.63, 3.8) is 0 Å². The third-order valence-electron chi connectivity index (χ3n) is 7.54. The smallest absolute Gasteiger partial charge is 0.211 e. The van der Waals surface area contributed by atoms with Gasteiger partial charge in [-0.1, -0.05) is 23.8 Å². The Hall–Kier alpha value is -2.83. The molecule has 1 aromatic carbocycles. The summed E-state index contributed by atoms with van der Waals surface area (Å²) in [5.41, 5.74) is 5.34. The van der Waals surface area contributed by atoms with Gasteiger partial charge in [0, 0.05) is 68.0 Å². The summed E-state index contributed by atoms with van der Waals surface area (Å²) in [4.78, 5) is 11.0. The highest BCUT2D eigenvalue weighted by Gasteiger charge is 2.29. The monoisotopic (exact) mass is 566 g/mol. The van der Waals surface area contributed by atoms with Crippen LogP contribution >= 0.6 is 11.3 Å². The molecule has 0 unspecified atom stereocenters. The van der Waals surface area contributed by atoms with Gasteiger partial charge in [0.2, 0.25) is 10.0 Å². The molecule has 0 N–H and O–H groups in total. The normalized spacial score (nSPS) is 19.7.